The molecule has 2 rings (SSSR count). The third kappa shape index (κ3) is 2.63. The summed E-state index contributed by atoms with van der Waals surface area (Å²) < 4.78 is 1.83. The minimum Gasteiger partial charge on any atom is -0.329 e. The van der Waals surface area contributed by atoms with Crippen LogP contribution in [0.5, 0.6) is 0 Å². The quantitative estimate of drug-likeness (QED) is 0.848. The average Bonchev–Trinajstić information content (AvgIpc) is 2.65. The Morgan fingerprint density at radius 3 is 2.47 bits per heavy atom. The summed E-state index contributed by atoms with van der Waals surface area (Å²) in [6.45, 7) is 4.74. The van der Waals surface area contributed by atoms with Gasteiger partial charge in [-0.3, -0.25) is 4.90 Å². The van der Waals surface area contributed by atoms with Gasteiger partial charge in [0.1, 0.15) is 5.15 Å². The molecule has 1 aliphatic rings. The van der Waals surface area contributed by atoms with E-state index in [-0.39, 0.29) is 6.04 Å². The smallest absolute Gasteiger partial charge is 0.133 e. The maximum atomic E-state index is 6.24. The van der Waals surface area contributed by atoms with Gasteiger partial charge in [0, 0.05) is 39.8 Å². The Morgan fingerprint density at radius 1 is 1.35 bits per heavy atom. The number of hydrogen-bond acceptors (Lipinski definition) is 4. The molecule has 2 heterocycles. The number of rotatable bonds is 3. The molecule has 17 heavy (non-hydrogen) atoms. The number of nitrogens with two attached hydrogens (primary N) is 1. The van der Waals surface area contributed by atoms with Crippen LogP contribution in [0.2, 0.25) is 5.15 Å². The Hall–Kier alpha value is -0.620. The zero-order chi connectivity index (χ0) is 12.4. The third-order valence-corrected chi connectivity index (χ3v) is 3.87. The molecule has 0 amide bonds. The van der Waals surface area contributed by atoms with Crippen LogP contribution in [0.15, 0.2) is 6.33 Å². The molecule has 0 aromatic carbocycles. The number of halogens is 1. The molecule has 1 atom stereocenters. The van der Waals surface area contributed by atoms with E-state index in [0.717, 1.165) is 31.9 Å². The molecular weight excluding hydrogens is 238 g/mol. The van der Waals surface area contributed by atoms with Crippen molar-refractivity contribution < 1.29 is 0 Å². The van der Waals surface area contributed by atoms with Gasteiger partial charge in [-0.25, -0.2) is 4.98 Å². The lowest BCUT2D eigenvalue weighted by Gasteiger charge is -2.36. The maximum absolute atomic E-state index is 6.24. The second-order valence-corrected chi connectivity index (χ2v) is 4.98. The fourth-order valence-corrected chi connectivity index (χ4v) is 2.44. The highest BCUT2D eigenvalue weighted by atomic mass is 35.5. The Balaban J connectivity index is 2.13. The normalized spacial score (nSPS) is 20.7. The van der Waals surface area contributed by atoms with Crippen LogP contribution in [0.4, 0.5) is 0 Å². The molecule has 0 aliphatic carbocycles. The van der Waals surface area contributed by atoms with Crippen molar-refractivity contribution in [1.29, 1.82) is 0 Å². The molecule has 2 N–H and O–H groups in total. The predicted octanol–water partition coefficient (Wildman–Crippen LogP) is 0.321. The van der Waals surface area contributed by atoms with E-state index in [2.05, 4.69) is 21.8 Å². The van der Waals surface area contributed by atoms with Crippen molar-refractivity contribution in [2.75, 3.05) is 39.8 Å². The van der Waals surface area contributed by atoms with E-state index < -0.39 is 0 Å². The number of likely N-dealkylation sites (N-methyl/N-ethyl adjacent to an activating group) is 1. The van der Waals surface area contributed by atoms with E-state index in [1.54, 1.807) is 6.33 Å². The highest BCUT2D eigenvalue weighted by molar-refractivity contribution is 6.30. The topological polar surface area (TPSA) is 50.3 Å². The van der Waals surface area contributed by atoms with Gasteiger partial charge in [0.25, 0.3) is 0 Å². The van der Waals surface area contributed by atoms with Gasteiger partial charge in [-0.2, -0.15) is 0 Å². The minimum atomic E-state index is 0.136. The van der Waals surface area contributed by atoms with Crippen molar-refractivity contribution in [2.45, 2.75) is 6.04 Å². The van der Waals surface area contributed by atoms with E-state index >= 15 is 0 Å². The molecule has 0 saturated carbocycles. The van der Waals surface area contributed by atoms with Gasteiger partial charge in [-0.15, -0.1) is 0 Å². The van der Waals surface area contributed by atoms with Gasteiger partial charge in [-0.1, -0.05) is 11.6 Å². The molecule has 1 aromatic heterocycles. The summed E-state index contributed by atoms with van der Waals surface area (Å²) in [5, 5.41) is 0.694. The van der Waals surface area contributed by atoms with Crippen LogP contribution in [0.1, 0.15) is 11.7 Å². The monoisotopic (exact) mass is 257 g/mol. The second kappa shape index (κ2) is 5.35. The van der Waals surface area contributed by atoms with Gasteiger partial charge in [-0.05, 0) is 7.05 Å². The number of hydrogen-bond donors (Lipinski definition) is 1. The summed E-state index contributed by atoms with van der Waals surface area (Å²) in [5.74, 6) is 0. The molecule has 96 valence electrons. The summed E-state index contributed by atoms with van der Waals surface area (Å²) in [7, 11) is 4.04. The first-order valence-electron chi connectivity index (χ1n) is 5.93. The van der Waals surface area contributed by atoms with E-state index in [1.165, 1.54) is 0 Å². The molecule has 1 aliphatic heterocycles. The lowest BCUT2D eigenvalue weighted by molar-refractivity contribution is 0.113. The Bertz CT molecular complexity index is 370. The van der Waals surface area contributed by atoms with Crippen molar-refractivity contribution in [1.82, 2.24) is 19.4 Å². The minimum absolute atomic E-state index is 0.136. The number of aromatic nitrogens is 2. The number of nitrogens with zero attached hydrogens (tertiary/aromatic N) is 4. The Kier molecular flexibility index (Phi) is 4.04. The second-order valence-electron chi connectivity index (χ2n) is 4.62. The van der Waals surface area contributed by atoms with E-state index in [0.29, 0.717) is 11.7 Å². The van der Waals surface area contributed by atoms with Crippen molar-refractivity contribution >= 4 is 11.6 Å². The number of imidazole rings is 1. The fraction of sp³-hybridized carbons (Fsp3) is 0.727. The fourth-order valence-electron chi connectivity index (χ4n) is 2.22. The van der Waals surface area contributed by atoms with Crippen molar-refractivity contribution in [3.63, 3.8) is 0 Å². The summed E-state index contributed by atoms with van der Waals surface area (Å²) in [6.07, 6.45) is 1.75. The first-order chi connectivity index (χ1) is 8.13. The molecule has 0 spiro atoms. The van der Waals surface area contributed by atoms with E-state index in [9.17, 15) is 0 Å². The molecule has 5 nitrogen and oxygen atoms in total. The molecule has 1 unspecified atom stereocenters. The van der Waals surface area contributed by atoms with Crippen LogP contribution in [0.25, 0.3) is 0 Å². The van der Waals surface area contributed by atoms with Crippen LogP contribution in [-0.2, 0) is 7.05 Å². The maximum Gasteiger partial charge on any atom is 0.133 e. The molecular formula is C11H20ClN5. The summed E-state index contributed by atoms with van der Waals surface area (Å²) in [5.41, 5.74) is 6.79. The standard InChI is InChI=1S/C11H20ClN5/c1-15-3-5-17(6-4-15)9(7-13)10-11(12)16(2)8-14-10/h8-9H,3-7,13H2,1-2H3. The first kappa shape index (κ1) is 12.8. The average molecular weight is 258 g/mol. The van der Waals surface area contributed by atoms with Gasteiger partial charge in [0.05, 0.1) is 18.1 Å². The van der Waals surface area contributed by atoms with Gasteiger partial charge in [0.15, 0.2) is 0 Å². The molecule has 1 aromatic rings. The summed E-state index contributed by atoms with van der Waals surface area (Å²) >= 11 is 6.24. The highest BCUT2D eigenvalue weighted by Gasteiger charge is 2.26. The lowest BCUT2D eigenvalue weighted by atomic mass is 10.1. The van der Waals surface area contributed by atoms with Crippen molar-refractivity contribution in [3.05, 3.63) is 17.2 Å². The van der Waals surface area contributed by atoms with E-state index in [1.807, 2.05) is 11.6 Å². The van der Waals surface area contributed by atoms with E-state index in [4.69, 9.17) is 17.3 Å². The molecule has 6 heteroatoms. The van der Waals surface area contributed by atoms with Crippen LogP contribution in [0, 0.1) is 0 Å². The van der Waals surface area contributed by atoms with Crippen LogP contribution in [-0.4, -0.2) is 59.1 Å². The molecule has 0 bridgehead atoms. The molecule has 1 fully saturated rings. The van der Waals surface area contributed by atoms with Crippen LogP contribution < -0.4 is 5.73 Å². The number of aryl methyl sites for hydroxylation is 1. The molecule has 0 radical (unpaired) electrons. The SMILES string of the molecule is CN1CCN(C(CN)c2ncn(C)c2Cl)CC1. The summed E-state index contributed by atoms with van der Waals surface area (Å²) in [4.78, 5) is 9.07. The first-order valence-corrected chi connectivity index (χ1v) is 6.30. The Labute approximate surface area is 107 Å². The van der Waals surface area contributed by atoms with Crippen LogP contribution >= 0.6 is 11.6 Å². The predicted molar refractivity (Wildman–Crippen MR) is 69.1 cm³/mol. The largest absolute Gasteiger partial charge is 0.329 e. The highest BCUT2D eigenvalue weighted by Crippen LogP contribution is 2.25. The third-order valence-electron chi connectivity index (χ3n) is 3.41. The van der Waals surface area contributed by atoms with Crippen molar-refractivity contribution in [2.24, 2.45) is 12.8 Å². The van der Waals surface area contributed by atoms with Crippen molar-refractivity contribution in [3.8, 4) is 0 Å². The van der Waals surface area contributed by atoms with Crippen LogP contribution in [0.3, 0.4) is 0 Å². The molecule has 1 saturated heterocycles. The zero-order valence-corrected chi connectivity index (χ0v) is 11.2. The Morgan fingerprint density at radius 2 is 2.00 bits per heavy atom. The zero-order valence-electron chi connectivity index (χ0n) is 10.4. The summed E-state index contributed by atoms with van der Waals surface area (Å²) in [6, 6.07) is 0.136. The van der Waals surface area contributed by atoms with Gasteiger partial charge < -0.3 is 15.2 Å². The van der Waals surface area contributed by atoms with Gasteiger partial charge >= 0.3 is 0 Å². The lowest BCUT2D eigenvalue weighted by Crippen LogP contribution is -2.47. The number of piperazine rings is 1. The van der Waals surface area contributed by atoms with Gasteiger partial charge in [0.2, 0.25) is 0 Å².